The highest BCUT2D eigenvalue weighted by Crippen LogP contribution is 2.24. The molecule has 0 saturated carbocycles. The van der Waals surface area contributed by atoms with E-state index in [-0.39, 0.29) is 30.4 Å². The van der Waals surface area contributed by atoms with Crippen molar-refractivity contribution in [3.8, 4) is 5.75 Å². The molecule has 0 saturated heterocycles. The van der Waals surface area contributed by atoms with Crippen LogP contribution in [0.15, 0.2) is 22.6 Å². The molecule has 1 rings (SSSR count). The van der Waals surface area contributed by atoms with Gasteiger partial charge in [-0.1, -0.05) is 4.40 Å². The molecule has 1 aromatic rings. The Labute approximate surface area is 144 Å². The molecule has 0 aliphatic heterocycles. The highest BCUT2D eigenvalue weighted by molar-refractivity contribution is 7.91. The first-order chi connectivity index (χ1) is 11.2. The lowest BCUT2D eigenvalue weighted by atomic mass is 10.1. The van der Waals surface area contributed by atoms with Gasteiger partial charge in [-0.2, -0.15) is 0 Å². The number of halogens is 1. The van der Waals surface area contributed by atoms with Crippen LogP contribution in [0.1, 0.15) is 33.3 Å². The van der Waals surface area contributed by atoms with Crippen LogP contribution in [0, 0.1) is 5.82 Å². The van der Waals surface area contributed by atoms with Crippen LogP contribution in [0.4, 0.5) is 4.39 Å². The molecule has 0 radical (unpaired) electrons. The van der Waals surface area contributed by atoms with E-state index in [1.54, 1.807) is 27.7 Å². The fourth-order valence-corrected chi connectivity index (χ4v) is 2.16. The molecule has 1 aromatic carbocycles. The average Bonchev–Trinajstić information content (AvgIpc) is 2.50. The van der Waals surface area contributed by atoms with Crippen molar-refractivity contribution < 1.29 is 27.9 Å². The lowest BCUT2D eigenvalue weighted by molar-refractivity contribution is -0.134. The van der Waals surface area contributed by atoms with Crippen LogP contribution in [0.2, 0.25) is 0 Å². The molecule has 8 heteroatoms. The summed E-state index contributed by atoms with van der Waals surface area (Å²) in [7, 11) is 1.43. The number of benzene rings is 1. The number of carbonyl (C=O) groups is 1. The number of methoxy groups -OCH3 is 1. The van der Waals surface area contributed by atoms with Gasteiger partial charge in [-0.25, -0.2) is 9.18 Å². The molecule has 0 spiro atoms. The summed E-state index contributed by atoms with van der Waals surface area (Å²) in [5.41, 5.74) is -0.196. The van der Waals surface area contributed by atoms with Gasteiger partial charge in [0.25, 0.3) is 0 Å². The van der Waals surface area contributed by atoms with Crippen LogP contribution in [-0.2, 0) is 25.6 Å². The first-order valence-corrected chi connectivity index (χ1v) is 8.40. The summed E-state index contributed by atoms with van der Waals surface area (Å²) in [6.07, 6.45) is 0. The number of nitrogens with zero attached hydrogens (tertiary/aromatic N) is 1. The second-order valence-electron chi connectivity index (χ2n) is 5.71. The molecule has 0 amide bonds. The maximum atomic E-state index is 13.7. The Morgan fingerprint density at radius 1 is 1.38 bits per heavy atom. The van der Waals surface area contributed by atoms with E-state index in [1.165, 1.54) is 19.2 Å². The van der Waals surface area contributed by atoms with Crippen molar-refractivity contribution in [3.63, 3.8) is 0 Å². The van der Waals surface area contributed by atoms with Crippen LogP contribution in [-0.4, -0.2) is 41.5 Å². The lowest BCUT2D eigenvalue weighted by Gasteiger charge is -2.19. The minimum absolute atomic E-state index is 0.0584. The first-order valence-electron chi connectivity index (χ1n) is 7.30. The number of hydrogen-bond acceptors (Lipinski definition) is 6. The maximum Gasteiger partial charge on any atom is 0.362 e. The Morgan fingerprint density at radius 2 is 2.04 bits per heavy atom. The molecule has 0 bridgehead atoms. The van der Waals surface area contributed by atoms with Crippen molar-refractivity contribution in [1.29, 1.82) is 0 Å². The minimum Gasteiger partial charge on any atom is -0.591 e. The summed E-state index contributed by atoms with van der Waals surface area (Å²) in [6.45, 7) is 6.76. The van der Waals surface area contributed by atoms with E-state index in [0.29, 0.717) is 0 Å². The third kappa shape index (κ3) is 5.77. The van der Waals surface area contributed by atoms with Crippen LogP contribution < -0.4 is 4.74 Å². The lowest BCUT2D eigenvalue weighted by Crippen LogP contribution is -2.29. The fraction of sp³-hybridized carbons (Fsp3) is 0.500. The van der Waals surface area contributed by atoms with E-state index in [1.807, 2.05) is 0 Å². The monoisotopic (exact) mass is 359 g/mol. The molecular formula is C16H22FNO5S. The van der Waals surface area contributed by atoms with Crippen molar-refractivity contribution in [2.75, 3.05) is 20.5 Å². The largest absolute Gasteiger partial charge is 0.591 e. The quantitative estimate of drug-likeness (QED) is 0.324. The van der Waals surface area contributed by atoms with Crippen molar-refractivity contribution in [2.24, 2.45) is 4.40 Å². The van der Waals surface area contributed by atoms with Gasteiger partial charge in [0.1, 0.15) is 27.7 Å². The molecule has 0 aliphatic carbocycles. The average molecular weight is 359 g/mol. The Bertz CT molecular complexity index is 601. The standard InChI is InChI=1S/C16H22FNO5S/c1-6-22-15(19)14(18-24(20)16(2,3)4)12-9-11(17)7-8-13(12)23-10-21-5/h7-9H,6,10H2,1-5H3/b18-14-/t24-/m1/s1. The Balaban J connectivity index is 3.41. The molecule has 24 heavy (non-hydrogen) atoms. The van der Waals surface area contributed by atoms with Crippen molar-refractivity contribution >= 4 is 23.0 Å². The minimum atomic E-state index is -1.73. The Morgan fingerprint density at radius 3 is 2.58 bits per heavy atom. The number of ether oxygens (including phenoxy) is 3. The zero-order valence-electron chi connectivity index (χ0n) is 14.4. The van der Waals surface area contributed by atoms with E-state index in [0.717, 1.165) is 6.07 Å². The molecule has 0 aromatic heterocycles. The van der Waals surface area contributed by atoms with Gasteiger partial charge in [-0.3, -0.25) is 0 Å². The van der Waals surface area contributed by atoms with Crippen LogP contribution in [0.25, 0.3) is 0 Å². The molecule has 0 unspecified atom stereocenters. The van der Waals surface area contributed by atoms with Gasteiger partial charge >= 0.3 is 5.97 Å². The normalized spacial score (nSPS) is 13.5. The number of esters is 1. The zero-order valence-corrected chi connectivity index (χ0v) is 15.2. The van der Waals surface area contributed by atoms with Crippen molar-refractivity contribution in [3.05, 3.63) is 29.6 Å². The third-order valence-electron chi connectivity index (χ3n) is 2.70. The number of rotatable bonds is 7. The van der Waals surface area contributed by atoms with Gasteiger partial charge in [0, 0.05) is 7.11 Å². The summed E-state index contributed by atoms with van der Waals surface area (Å²) in [5.74, 6) is -1.22. The molecule has 0 N–H and O–H groups in total. The molecule has 0 heterocycles. The predicted molar refractivity (Wildman–Crippen MR) is 90.0 cm³/mol. The molecule has 0 aliphatic rings. The Kier molecular flexibility index (Phi) is 7.65. The summed E-state index contributed by atoms with van der Waals surface area (Å²) >= 11 is -1.73. The van der Waals surface area contributed by atoms with Crippen molar-refractivity contribution in [2.45, 2.75) is 32.4 Å². The summed E-state index contributed by atoms with van der Waals surface area (Å²) in [5, 5.41) is 0. The third-order valence-corrected chi connectivity index (χ3v) is 4.09. The summed E-state index contributed by atoms with van der Waals surface area (Å²) < 4.78 is 44.4. The molecular weight excluding hydrogens is 337 g/mol. The van der Waals surface area contributed by atoms with E-state index >= 15 is 0 Å². The number of carbonyl (C=O) groups excluding carboxylic acids is 1. The predicted octanol–water partition coefficient (Wildman–Crippen LogP) is 2.62. The molecule has 134 valence electrons. The van der Waals surface area contributed by atoms with Gasteiger partial charge in [-0.05, 0) is 45.9 Å². The molecule has 0 fully saturated rings. The highest BCUT2D eigenvalue weighted by atomic mass is 32.2. The summed E-state index contributed by atoms with van der Waals surface area (Å²) in [6, 6.07) is 3.61. The maximum absolute atomic E-state index is 13.7. The smallest absolute Gasteiger partial charge is 0.362 e. The van der Waals surface area contributed by atoms with Crippen LogP contribution in [0.3, 0.4) is 0 Å². The van der Waals surface area contributed by atoms with Crippen LogP contribution in [0.5, 0.6) is 5.75 Å². The van der Waals surface area contributed by atoms with Gasteiger partial charge < -0.3 is 18.8 Å². The van der Waals surface area contributed by atoms with E-state index in [4.69, 9.17) is 14.2 Å². The first kappa shape index (κ1) is 20.4. The zero-order chi connectivity index (χ0) is 18.3. The summed E-state index contributed by atoms with van der Waals surface area (Å²) in [4.78, 5) is 12.2. The van der Waals surface area contributed by atoms with E-state index in [9.17, 15) is 13.7 Å². The van der Waals surface area contributed by atoms with Crippen molar-refractivity contribution in [1.82, 2.24) is 0 Å². The molecule has 6 nitrogen and oxygen atoms in total. The highest BCUT2D eigenvalue weighted by Gasteiger charge is 2.31. The molecule has 1 atom stereocenters. The van der Waals surface area contributed by atoms with Gasteiger partial charge in [0.05, 0.1) is 12.2 Å². The SMILES string of the molecule is CCOC(=O)/C(=N\[S@+]([O-])C(C)(C)C)c1cc(F)ccc1OCOC. The number of hydrogen-bond donors (Lipinski definition) is 0. The van der Waals surface area contributed by atoms with Gasteiger partial charge in [-0.15, -0.1) is 0 Å². The van der Waals surface area contributed by atoms with Gasteiger partial charge in [0.15, 0.2) is 6.79 Å². The van der Waals surface area contributed by atoms with E-state index < -0.39 is 27.9 Å². The Hall–Kier alpha value is -1.64. The van der Waals surface area contributed by atoms with Crippen LogP contribution >= 0.6 is 0 Å². The topological polar surface area (TPSA) is 80.2 Å². The second kappa shape index (κ2) is 9.00. The van der Waals surface area contributed by atoms with E-state index in [2.05, 4.69) is 4.40 Å². The second-order valence-corrected chi connectivity index (χ2v) is 7.62. The fourth-order valence-electron chi connectivity index (χ4n) is 1.55. The van der Waals surface area contributed by atoms with Gasteiger partial charge in [0.2, 0.25) is 5.71 Å².